The van der Waals surface area contributed by atoms with Crippen molar-refractivity contribution >= 4 is 15.9 Å². The van der Waals surface area contributed by atoms with Crippen molar-refractivity contribution in [3.63, 3.8) is 0 Å². The van der Waals surface area contributed by atoms with E-state index in [1.165, 1.54) is 24.8 Å². The summed E-state index contributed by atoms with van der Waals surface area (Å²) in [4.78, 5) is 2.43. The van der Waals surface area contributed by atoms with Crippen LogP contribution < -0.4 is 5.73 Å². The van der Waals surface area contributed by atoms with Crippen molar-refractivity contribution in [1.82, 2.24) is 4.90 Å². The molecule has 1 aromatic carbocycles. The van der Waals surface area contributed by atoms with Crippen molar-refractivity contribution in [2.24, 2.45) is 5.73 Å². The van der Waals surface area contributed by atoms with Crippen LogP contribution in [0.1, 0.15) is 31.7 Å². The minimum Gasteiger partial charge on any atom is -0.313 e. The summed E-state index contributed by atoms with van der Waals surface area (Å²) in [5.41, 5.74) is 7.57. The average Bonchev–Trinajstić information content (AvgIpc) is 2.33. The number of nitrogens with two attached hydrogens (primary N) is 1. The van der Waals surface area contributed by atoms with Crippen LogP contribution in [0.2, 0.25) is 0 Å². The third kappa shape index (κ3) is 3.54. The van der Waals surface area contributed by atoms with Crippen molar-refractivity contribution in [2.45, 2.75) is 38.3 Å². The quantitative estimate of drug-likeness (QED) is 0.928. The second-order valence-electron chi connectivity index (χ2n) is 5.21. The highest BCUT2D eigenvalue weighted by atomic mass is 79.9. The zero-order valence-corrected chi connectivity index (χ0v) is 12.0. The molecule has 94 valence electrons. The molecule has 0 radical (unpaired) electrons. The lowest BCUT2D eigenvalue weighted by molar-refractivity contribution is 0.0856. The van der Waals surface area contributed by atoms with Crippen LogP contribution in [0.15, 0.2) is 28.7 Å². The van der Waals surface area contributed by atoms with Crippen molar-refractivity contribution in [1.29, 1.82) is 0 Å². The lowest BCUT2D eigenvalue weighted by atomic mass is 9.98. The van der Waals surface area contributed by atoms with E-state index in [2.05, 4.69) is 52.0 Å². The van der Waals surface area contributed by atoms with Crippen LogP contribution >= 0.6 is 15.9 Å². The molecule has 2 N–H and O–H groups in total. The van der Waals surface area contributed by atoms with Crippen LogP contribution in [0.25, 0.3) is 0 Å². The van der Waals surface area contributed by atoms with Crippen LogP contribution in [-0.2, 0) is 6.42 Å². The number of piperidine rings is 1. The molecule has 0 spiro atoms. The summed E-state index contributed by atoms with van der Waals surface area (Å²) in [6.07, 6.45) is 4.84. The first-order chi connectivity index (χ1) is 8.08. The fourth-order valence-corrected chi connectivity index (χ4v) is 2.80. The van der Waals surface area contributed by atoms with Gasteiger partial charge in [0.15, 0.2) is 0 Å². The Bertz CT molecular complexity index is 353. The second kappa shape index (κ2) is 5.51. The molecule has 0 bridgehead atoms. The Labute approximate surface area is 112 Å². The van der Waals surface area contributed by atoms with Gasteiger partial charge in [0.05, 0.1) is 5.66 Å². The van der Waals surface area contributed by atoms with Crippen molar-refractivity contribution in [2.75, 3.05) is 13.1 Å². The highest BCUT2D eigenvalue weighted by Gasteiger charge is 2.28. The third-order valence-corrected chi connectivity index (χ3v) is 4.08. The Morgan fingerprint density at radius 3 is 2.35 bits per heavy atom. The number of rotatable bonds is 3. The van der Waals surface area contributed by atoms with Crippen LogP contribution in [0, 0.1) is 0 Å². The van der Waals surface area contributed by atoms with Crippen molar-refractivity contribution in [3.8, 4) is 0 Å². The Hall–Kier alpha value is -0.380. The van der Waals surface area contributed by atoms with Gasteiger partial charge in [-0.15, -0.1) is 0 Å². The third-order valence-electron chi connectivity index (χ3n) is 3.55. The Balaban J connectivity index is 2.02. The van der Waals surface area contributed by atoms with Gasteiger partial charge in [-0.3, -0.25) is 4.90 Å². The summed E-state index contributed by atoms with van der Waals surface area (Å²) in [6.45, 7) is 4.44. The lowest BCUT2D eigenvalue weighted by Gasteiger charge is -2.40. The predicted octanol–water partition coefficient (Wildman–Crippen LogP) is 3.15. The van der Waals surface area contributed by atoms with Gasteiger partial charge in [-0.2, -0.15) is 0 Å². The highest BCUT2D eigenvalue weighted by molar-refractivity contribution is 9.10. The number of nitrogens with zero attached hydrogens (tertiary/aromatic N) is 1. The molecule has 1 fully saturated rings. The molecular formula is C14H21BrN2. The summed E-state index contributed by atoms with van der Waals surface area (Å²) in [5.74, 6) is 0. The summed E-state index contributed by atoms with van der Waals surface area (Å²) in [5, 5.41) is 0. The second-order valence-corrected chi connectivity index (χ2v) is 6.12. The van der Waals surface area contributed by atoms with Crippen LogP contribution in [-0.4, -0.2) is 23.7 Å². The Kier molecular flexibility index (Phi) is 4.23. The number of likely N-dealkylation sites (tertiary alicyclic amines) is 1. The van der Waals surface area contributed by atoms with Crippen LogP contribution in [0.3, 0.4) is 0 Å². The largest absolute Gasteiger partial charge is 0.313 e. The summed E-state index contributed by atoms with van der Waals surface area (Å²) < 4.78 is 1.12. The summed E-state index contributed by atoms with van der Waals surface area (Å²) in [6, 6.07) is 8.47. The Morgan fingerprint density at radius 2 is 1.76 bits per heavy atom. The fraction of sp³-hybridized carbons (Fsp3) is 0.571. The van der Waals surface area contributed by atoms with E-state index in [4.69, 9.17) is 5.73 Å². The molecule has 0 aliphatic carbocycles. The van der Waals surface area contributed by atoms with E-state index < -0.39 is 0 Å². The summed E-state index contributed by atoms with van der Waals surface area (Å²) >= 11 is 3.46. The van der Waals surface area contributed by atoms with Gasteiger partial charge in [0.25, 0.3) is 0 Å². The minimum atomic E-state index is -0.214. The van der Waals surface area contributed by atoms with Crippen molar-refractivity contribution < 1.29 is 0 Å². The smallest absolute Gasteiger partial charge is 0.0699 e. The van der Waals surface area contributed by atoms with Gasteiger partial charge in [-0.1, -0.05) is 34.5 Å². The SMILES string of the molecule is CC(N)(Cc1ccc(Br)cc1)N1CCCCC1. The highest BCUT2D eigenvalue weighted by Crippen LogP contribution is 2.21. The molecular weight excluding hydrogens is 276 g/mol. The first-order valence-corrected chi connectivity index (χ1v) is 7.16. The molecule has 1 atom stereocenters. The van der Waals surface area contributed by atoms with E-state index in [9.17, 15) is 0 Å². The molecule has 3 heteroatoms. The van der Waals surface area contributed by atoms with Gasteiger partial charge in [0, 0.05) is 10.9 Å². The molecule has 0 aromatic heterocycles. The molecule has 1 aliphatic heterocycles. The number of hydrogen-bond acceptors (Lipinski definition) is 2. The fourth-order valence-electron chi connectivity index (χ4n) is 2.53. The van der Waals surface area contributed by atoms with E-state index in [-0.39, 0.29) is 5.66 Å². The lowest BCUT2D eigenvalue weighted by Crippen LogP contribution is -2.56. The van der Waals surface area contributed by atoms with E-state index in [0.29, 0.717) is 0 Å². The molecule has 1 aliphatic rings. The number of benzene rings is 1. The molecule has 0 saturated carbocycles. The van der Waals surface area contributed by atoms with E-state index in [0.717, 1.165) is 24.0 Å². The van der Waals surface area contributed by atoms with E-state index in [1.807, 2.05) is 0 Å². The maximum absolute atomic E-state index is 6.48. The molecule has 1 heterocycles. The number of halogens is 1. The number of hydrogen-bond donors (Lipinski definition) is 1. The average molecular weight is 297 g/mol. The van der Waals surface area contributed by atoms with E-state index >= 15 is 0 Å². The van der Waals surface area contributed by atoms with Gasteiger partial charge in [0.2, 0.25) is 0 Å². The maximum atomic E-state index is 6.48. The predicted molar refractivity (Wildman–Crippen MR) is 75.9 cm³/mol. The molecule has 1 unspecified atom stereocenters. The first-order valence-electron chi connectivity index (χ1n) is 6.36. The van der Waals surface area contributed by atoms with Gasteiger partial charge in [-0.25, -0.2) is 0 Å². The molecule has 0 amide bonds. The van der Waals surface area contributed by atoms with Gasteiger partial charge < -0.3 is 5.73 Å². The van der Waals surface area contributed by atoms with E-state index in [1.54, 1.807) is 0 Å². The zero-order valence-electron chi connectivity index (χ0n) is 10.5. The van der Waals surface area contributed by atoms with Gasteiger partial charge >= 0.3 is 0 Å². The Morgan fingerprint density at radius 1 is 1.18 bits per heavy atom. The van der Waals surface area contributed by atoms with Crippen molar-refractivity contribution in [3.05, 3.63) is 34.3 Å². The summed E-state index contributed by atoms with van der Waals surface area (Å²) in [7, 11) is 0. The minimum absolute atomic E-state index is 0.214. The molecule has 2 nitrogen and oxygen atoms in total. The standard InChI is InChI=1S/C14H21BrN2/c1-14(16,17-9-3-2-4-10-17)11-12-5-7-13(15)8-6-12/h5-8H,2-4,9-11,16H2,1H3. The first kappa shape index (κ1) is 13.1. The molecule has 1 aromatic rings. The van der Waals surface area contributed by atoms with Crippen LogP contribution in [0.5, 0.6) is 0 Å². The van der Waals surface area contributed by atoms with Gasteiger partial charge in [-0.05, 0) is 50.6 Å². The normalized spacial score (nSPS) is 21.1. The zero-order chi connectivity index (χ0) is 12.3. The topological polar surface area (TPSA) is 29.3 Å². The maximum Gasteiger partial charge on any atom is 0.0699 e. The molecule has 1 saturated heterocycles. The van der Waals surface area contributed by atoms with Crippen LogP contribution in [0.4, 0.5) is 0 Å². The molecule has 17 heavy (non-hydrogen) atoms. The molecule has 2 rings (SSSR count). The monoisotopic (exact) mass is 296 g/mol. The van der Waals surface area contributed by atoms with Gasteiger partial charge in [0.1, 0.15) is 0 Å².